The second-order valence-electron chi connectivity index (χ2n) is 2.82. The summed E-state index contributed by atoms with van der Waals surface area (Å²) < 4.78 is 49.5. The van der Waals surface area contributed by atoms with Gasteiger partial charge in [0.05, 0.1) is 5.56 Å². The Morgan fingerprint density at radius 1 is 1.27 bits per heavy atom. The molecule has 0 bridgehead atoms. The minimum absolute atomic E-state index is 0.384. The third-order valence-corrected chi connectivity index (χ3v) is 1.93. The van der Waals surface area contributed by atoms with E-state index in [1.54, 1.807) is 6.08 Å². The molecule has 82 valence electrons. The van der Waals surface area contributed by atoms with E-state index in [0.717, 1.165) is 12.1 Å². The Labute approximate surface area is 90.0 Å². The minimum atomic E-state index is -4.64. The van der Waals surface area contributed by atoms with Crippen LogP contribution in [0.1, 0.15) is 11.1 Å². The Kier molecular flexibility index (Phi) is 3.79. The van der Waals surface area contributed by atoms with Crippen LogP contribution in [0.2, 0.25) is 0 Å². The SMILES string of the molecule is Fc1cc(C=CCS)ccc1C(F)(F)F. The van der Waals surface area contributed by atoms with Gasteiger partial charge in [0, 0.05) is 5.75 Å². The molecule has 0 aliphatic rings. The first-order valence-corrected chi connectivity index (χ1v) is 4.72. The normalized spacial score (nSPS) is 12.3. The molecule has 0 saturated heterocycles. The Morgan fingerprint density at radius 2 is 1.93 bits per heavy atom. The van der Waals surface area contributed by atoms with Crippen LogP contribution in [-0.2, 0) is 6.18 Å². The van der Waals surface area contributed by atoms with Gasteiger partial charge >= 0.3 is 6.18 Å². The quantitative estimate of drug-likeness (QED) is 0.586. The molecule has 0 aromatic heterocycles. The van der Waals surface area contributed by atoms with Crippen LogP contribution in [0.4, 0.5) is 17.6 Å². The van der Waals surface area contributed by atoms with E-state index in [2.05, 4.69) is 12.6 Å². The van der Waals surface area contributed by atoms with E-state index in [4.69, 9.17) is 0 Å². The zero-order chi connectivity index (χ0) is 11.5. The highest BCUT2D eigenvalue weighted by Crippen LogP contribution is 2.31. The third kappa shape index (κ3) is 3.27. The van der Waals surface area contributed by atoms with Gasteiger partial charge in [-0.05, 0) is 17.7 Å². The average Bonchev–Trinajstić information content (AvgIpc) is 2.12. The van der Waals surface area contributed by atoms with Crippen molar-refractivity contribution in [3.63, 3.8) is 0 Å². The van der Waals surface area contributed by atoms with E-state index in [0.29, 0.717) is 11.3 Å². The van der Waals surface area contributed by atoms with Crippen molar-refractivity contribution in [2.24, 2.45) is 0 Å². The Hall–Kier alpha value is -0.970. The van der Waals surface area contributed by atoms with E-state index >= 15 is 0 Å². The van der Waals surface area contributed by atoms with Crippen LogP contribution >= 0.6 is 12.6 Å². The zero-order valence-corrected chi connectivity index (χ0v) is 8.45. The largest absolute Gasteiger partial charge is 0.419 e. The molecule has 0 amide bonds. The molecule has 5 heteroatoms. The maximum absolute atomic E-state index is 13.0. The molecule has 0 radical (unpaired) electrons. The van der Waals surface area contributed by atoms with Gasteiger partial charge in [0.15, 0.2) is 0 Å². The lowest BCUT2D eigenvalue weighted by Crippen LogP contribution is -2.07. The van der Waals surface area contributed by atoms with E-state index in [-0.39, 0.29) is 0 Å². The van der Waals surface area contributed by atoms with Crippen molar-refractivity contribution >= 4 is 18.7 Å². The van der Waals surface area contributed by atoms with Crippen LogP contribution in [0, 0.1) is 5.82 Å². The van der Waals surface area contributed by atoms with Crippen molar-refractivity contribution in [3.05, 3.63) is 41.2 Å². The first kappa shape index (κ1) is 12.1. The predicted molar refractivity (Wildman–Crippen MR) is 54.3 cm³/mol. The van der Waals surface area contributed by atoms with Gasteiger partial charge < -0.3 is 0 Å². The molecule has 0 aliphatic carbocycles. The summed E-state index contributed by atoms with van der Waals surface area (Å²) >= 11 is 3.88. The molecule has 0 spiro atoms. The van der Waals surface area contributed by atoms with Crippen molar-refractivity contribution in [2.45, 2.75) is 6.18 Å². The molecular weight excluding hydrogens is 228 g/mol. The number of hydrogen-bond acceptors (Lipinski definition) is 1. The van der Waals surface area contributed by atoms with Crippen LogP contribution in [0.3, 0.4) is 0 Å². The molecule has 0 fully saturated rings. The molecule has 0 saturated carbocycles. The van der Waals surface area contributed by atoms with Gasteiger partial charge in [0.25, 0.3) is 0 Å². The summed E-state index contributed by atoms with van der Waals surface area (Å²) in [4.78, 5) is 0. The number of alkyl halides is 3. The predicted octanol–water partition coefficient (Wildman–Crippen LogP) is 3.79. The Balaban J connectivity index is 3.04. The van der Waals surface area contributed by atoms with Gasteiger partial charge in [-0.3, -0.25) is 0 Å². The molecule has 1 aromatic carbocycles. The van der Waals surface area contributed by atoms with Gasteiger partial charge in [-0.25, -0.2) is 4.39 Å². The number of hydrogen-bond donors (Lipinski definition) is 1. The number of halogens is 4. The fourth-order valence-electron chi connectivity index (χ4n) is 1.05. The summed E-state index contributed by atoms with van der Waals surface area (Å²) in [5.74, 6) is -0.813. The van der Waals surface area contributed by atoms with Crippen LogP contribution in [0.25, 0.3) is 6.08 Å². The van der Waals surface area contributed by atoms with Crippen LogP contribution in [0.15, 0.2) is 24.3 Å². The molecule has 0 unspecified atom stereocenters. The maximum atomic E-state index is 13.0. The third-order valence-electron chi connectivity index (χ3n) is 1.71. The molecule has 15 heavy (non-hydrogen) atoms. The van der Waals surface area contributed by atoms with Gasteiger partial charge in [0.2, 0.25) is 0 Å². The monoisotopic (exact) mass is 236 g/mol. The van der Waals surface area contributed by atoms with Crippen molar-refractivity contribution < 1.29 is 17.6 Å². The fourth-order valence-corrected chi connectivity index (χ4v) is 1.16. The summed E-state index contributed by atoms with van der Waals surface area (Å²) in [5.41, 5.74) is -0.861. The summed E-state index contributed by atoms with van der Waals surface area (Å²) in [6, 6.07) is 2.79. The standard InChI is InChI=1S/C10H8F4S/c11-9-6-7(2-1-5-15)3-4-8(9)10(12,13)14/h1-4,6,15H,5H2. The summed E-state index contributed by atoms with van der Waals surface area (Å²) in [5, 5.41) is 0. The van der Waals surface area contributed by atoms with Gasteiger partial charge in [-0.2, -0.15) is 25.8 Å². The molecule has 0 nitrogen and oxygen atoms in total. The molecule has 0 heterocycles. The highest BCUT2D eigenvalue weighted by molar-refractivity contribution is 7.80. The first-order valence-electron chi connectivity index (χ1n) is 4.09. The summed E-state index contributed by atoms with van der Waals surface area (Å²) in [7, 11) is 0. The lowest BCUT2D eigenvalue weighted by atomic mass is 10.1. The van der Waals surface area contributed by atoms with Crippen molar-refractivity contribution in [1.82, 2.24) is 0 Å². The lowest BCUT2D eigenvalue weighted by molar-refractivity contribution is -0.140. The van der Waals surface area contributed by atoms with E-state index in [1.807, 2.05) is 0 Å². The van der Waals surface area contributed by atoms with E-state index in [1.165, 1.54) is 12.1 Å². The van der Waals surface area contributed by atoms with Crippen molar-refractivity contribution in [3.8, 4) is 0 Å². The van der Waals surface area contributed by atoms with Gasteiger partial charge in [-0.1, -0.05) is 18.2 Å². The molecule has 1 rings (SSSR count). The van der Waals surface area contributed by atoms with Gasteiger partial charge in [-0.15, -0.1) is 0 Å². The average molecular weight is 236 g/mol. The van der Waals surface area contributed by atoms with Crippen LogP contribution in [-0.4, -0.2) is 5.75 Å². The number of benzene rings is 1. The number of rotatable bonds is 2. The minimum Gasteiger partial charge on any atom is -0.206 e. The molecule has 0 N–H and O–H groups in total. The Morgan fingerprint density at radius 3 is 2.40 bits per heavy atom. The molecular formula is C10H8F4S. The molecule has 0 aliphatic heterocycles. The van der Waals surface area contributed by atoms with E-state index in [9.17, 15) is 17.6 Å². The van der Waals surface area contributed by atoms with Crippen molar-refractivity contribution in [1.29, 1.82) is 0 Å². The summed E-state index contributed by atoms with van der Waals surface area (Å²) in [6.07, 6.45) is -1.52. The lowest BCUT2D eigenvalue weighted by Gasteiger charge is -2.07. The van der Waals surface area contributed by atoms with E-state index < -0.39 is 17.6 Å². The van der Waals surface area contributed by atoms with Crippen LogP contribution < -0.4 is 0 Å². The zero-order valence-electron chi connectivity index (χ0n) is 7.55. The fraction of sp³-hybridized carbons (Fsp3) is 0.200. The molecule has 0 atom stereocenters. The van der Waals surface area contributed by atoms with Gasteiger partial charge in [0.1, 0.15) is 5.82 Å². The van der Waals surface area contributed by atoms with Crippen molar-refractivity contribution in [2.75, 3.05) is 5.75 Å². The highest BCUT2D eigenvalue weighted by Gasteiger charge is 2.33. The smallest absolute Gasteiger partial charge is 0.206 e. The number of thiol groups is 1. The maximum Gasteiger partial charge on any atom is 0.419 e. The second kappa shape index (κ2) is 4.70. The Bertz CT molecular complexity index is 368. The second-order valence-corrected chi connectivity index (χ2v) is 3.19. The van der Waals surface area contributed by atoms with Crippen LogP contribution in [0.5, 0.6) is 0 Å². The molecule has 1 aromatic rings. The topological polar surface area (TPSA) is 0 Å². The first-order chi connectivity index (χ1) is 6.95. The summed E-state index contributed by atoms with van der Waals surface area (Å²) in [6.45, 7) is 0. The highest BCUT2D eigenvalue weighted by atomic mass is 32.1.